The monoisotopic (exact) mass is 141 g/mol. The van der Waals surface area contributed by atoms with Crippen molar-refractivity contribution in [2.75, 3.05) is 0 Å². The highest BCUT2D eigenvalue weighted by Gasteiger charge is 2.20. The molecule has 0 aromatic carbocycles. The fourth-order valence-corrected chi connectivity index (χ4v) is 0.775. The third kappa shape index (κ3) is 1.13. The molecule has 2 N–H and O–H groups in total. The Bertz CT molecular complexity index is 220. The molecule has 5 nitrogen and oxygen atoms in total. The fourth-order valence-electron chi connectivity index (χ4n) is 0.775. The summed E-state index contributed by atoms with van der Waals surface area (Å²) < 4.78 is 1.57. The molecule has 1 heterocycles. The van der Waals surface area contributed by atoms with Crippen molar-refractivity contribution in [3.8, 4) is 0 Å². The summed E-state index contributed by atoms with van der Waals surface area (Å²) in [7, 11) is 1.77. The van der Waals surface area contributed by atoms with E-state index in [9.17, 15) is 0 Å². The molecule has 0 spiro atoms. The third-order valence-electron chi connectivity index (χ3n) is 1.20. The molecule has 0 aliphatic carbocycles. The van der Waals surface area contributed by atoms with Crippen LogP contribution in [-0.4, -0.2) is 20.2 Å². The molecule has 5 heteroatoms. The summed E-state index contributed by atoms with van der Waals surface area (Å²) in [6.07, 6.45) is 0. The van der Waals surface area contributed by atoms with E-state index in [4.69, 9.17) is 5.73 Å². The highest BCUT2D eigenvalue weighted by Crippen LogP contribution is 2.10. The van der Waals surface area contributed by atoms with E-state index in [0.29, 0.717) is 5.82 Å². The van der Waals surface area contributed by atoms with Gasteiger partial charge in [0.15, 0.2) is 5.82 Å². The lowest BCUT2D eigenvalue weighted by atomic mass is 10.1. The molecule has 0 fully saturated rings. The molecular formula is C5H11N5. The first-order valence-electron chi connectivity index (χ1n) is 3.03. The molecule has 0 saturated heterocycles. The van der Waals surface area contributed by atoms with Crippen LogP contribution in [0, 0.1) is 0 Å². The van der Waals surface area contributed by atoms with Gasteiger partial charge < -0.3 is 5.73 Å². The molecule has 0 saturated carbocycles. The van der Waals surface area contributed by atoms with Gasteiger partial charge in [0.2, 0.25) is 0 Å². The predicted octanol–water partition coefficient (Wildman–Crippen LogP) is -0.596. The van der Waals surface area contributed by atoms with E-state index in [0.717, 1.165) is 0 Å². The van der Waals surface area contributed by atoms with Crippen molar-refractivity contribution < 1.29 is 0 Å². The average Bonchev–Trinajstić information content (AvgIpc) is 2.11. The molecule has 0 bridgehead atoms. The predicted molar refractivity (Wildman–Crippen MR) is 36.0 cm³/mol. The lowest BCUT2D eigenvalue weighted by molar-refractivity contribution is 0.481. The number of nitrogens with zero attached hydrogens (tertiary/aromatic N) is 4. The second-order valence-corrected chi connectivity index (χ2v) is 2.85. The van der Waals surface area contributed by atoms with E-state index in [1.807, 2.05) is 13.8 Å². The second kappa shape index (κ2) is 2.02. The van der Waals surface area contributed by atoms with Crippen molar-refractivity contribution >= 4 is 0 Å². The Morgan fingerprint density at radius 1 is 1.50 bits per heavy atom. The van der Waals surface area contributed by atoms with Gasteiger partial charge in [-0.15, -0.1) is 5.10 Å². The number of rotatable bonds is 1. The standard InChI is InChI=1S/C5H11N5/c1-5(2,6)4-7-8-9-10(4)3/h6H2,1-3H3. The Balaban J connectivity index is 3.05. The molecule has 1 rings (SSSR count). The first kappa shape index (κ1) is 7.14. The maximum Gasteiger partial charge on any atom is 0.170 e. The zero-order valence-electron chi connectivity index (χ0n) is 6.37. The zero-order valence-corrected chi connectivity index (χ0v) is 6.37. The summed E-state index contributed by atoms with van der Waals surface area (Å²) in [5.41, 5.74) is 5.28. The van der Waals surface area contributed by atoms with Crippen LogP contribution in [0.4, 0.5) is 0 Å². The summed E-state index contributed by atoms with van der Waals surface area (Å²) in [6.45, 7) is 3.72. The van der Waals surface area contributed by atoms with Gasteiger partial charge in [0.1, 0.15) is 0 Å². The van der Waals surface area contributed by atoms with Crippen molar-refractivity contribution in [3.05, 3.63) is 5.82 Å². The average molecular weight is 141 g/mol. The Morgan fingerprint density at radius 2 is 2.10 bits per heavy atom. The van der Waals surface area contributed by atoms with Crippen LogP contribution in [-0.2, 0) is 12.6 Å². The first-order valence-corrected chi connectivity index (χ1v) is 3.03. The molecule has 0 aliphatic heterocycles. The van der Waals surface area contributed by atoms with E-state index in [2.05, 4.69) is 15.5 Å². The van der Waals surface area contributed by atoms with Crippen LogP contribution in [0.25, 0.3) is 0 Å². The number of nitrogens with two attached hydrogens (primary N) is 1. The Kier molecular flexibility index (Phi) is 1.44. The normalized spacial score (nSPS) is 12.0. The quantitative estimate of drug-likeness (QED) is 0.567. The largest absolute Gasteiger partial charge is 0.319 e. The van der Waals surface area contributed by atoms with Gasteiger partial charge in [0.25, 0.3) is 0 Å². The van der Waals surface area contributed by atoms with Crippen LogP contribution >= 0.6 is 0 Å². The van der Waals surface area contributed by atoms with Crippen molar-refractivity contribution in [2.24, 2.45) is 12.8 Å². The van der Waals surface area contributed by atoms with E-state index in [1.54, 1.807) is 11.7 Å². The van der Waals surface area contributed by atoms with Crippen molar-refractivity contribution in [2.45, 2.75) is 19.4 Å². The third-order valence-corrected chi connectivity index (χ3v) is 1.20. The molecule has 1 aromatic rings. The van der Waals surface area contributed by atoms with Crippen LogP contribution in [0.5, 0.6) is 0 Å². The Labute approximate surface area is 59.2 Å². The lowest BCUT2D eigenvalue weighted by Crippen LogP contribution is -2.32. The smallest absolute Gasteiger partial charge is 0.170 e. The molecule has 0 amide bonds. The van der Waals surface area contributed by atoms with Crippen LogP contribution < -0.4 is 5.73 Å². The van der Waals surface area contributed by atoms with E-state index < -0.39 is 5.54 Å². The highest BCUT2D eigenvalue weighted by molar-refractivity contribution is 4.96. The van der Waals surface area contributed by atoms with Gasteiger partial charge in [-0.1, -0.05) is 0 Å². The minimum absolute atomic E-state index is 0.460. The van der Waals surface area contributed by atoms with E-state index in [-0.39, 0.29) is 0 Å². The molecular weight excluding hydrogens is 130 g/mol. The molecule has 10 heavy (non-hydrogen) atoms. The first-order chi connectivity index (χ1) is 4.52. The number of aromatic nitrogens is 4. The van der Waals surface area contributed by atoms with Gasteiger partial charge in [-0.3, -0.25) is 0 Å². The van der Waals surface area contributed by atoms with E-state index >= 15 is 0 Å². The summed E-state index contributed by atoms with van der Waals surface area (Å²) in [4.78, 5) is 0. The fraction of sp³-hybridized carbons (Fsp3) is 0.800. The summed E-state index contributed by atoms with van der Waals surface area (Å²) in [5, 5.41) is 10.9. The van der Waals surface area contributed by atoms with Crippen LogP contribution in [0.1, 0.15) is 19.7 Å². The Hall–Kier alpha value is -0.970. The van der Waals surface area contributed by atoms with Crippen LogP contribution in [0.2, 0.25) is 0 Å². The van der Waals surface area contributed by atoms with Crippen LogP contribution in [0.3, 0.4) is 0 Å². The van der Waals surface area contributed by atoms with Gasteiger partial charge in [0, 0.05) is 7.05 Å². The van der Waals surface area contributed by atoms with Gasteiger partial charge in [-0.2, -0.15) is 0 Å². The van der Waals surface area contributed by atoms with Gasteiger partial charge in [-0.05, 0) is 24.3 Å². The van der Waals surface area contributed by atoms with E-state index in [1.165, 1.54) is 0 Å². The summed E-state index contributed by atoms with van der Waals surface area (Å²) in [5.74, 6) is 0.688. The maximum atomic E-state index is 5.74. The summed E-state index contributed by atoms with van der Waals surface area (Å²) in [6, 6.07) is 0. The minimum Gasteiger partial charge on any atom is -0.319 e. The maximum absolute atomic E-state index is 5.74. The second-order valence-electron chi connectivity index (χ2n) is 2.85. The van der Waals surface area contributed by atoms with Crippen molar-refractivity contribution in [3.63, 3.8) is 0 Å². The topological polar surface area (TPSA) is 69.6 Å². The SMILES string of the molecule is Cn1nnnc1C(C)(C)N. The molecule has 0 radical (unpaired) electrons. The van der Waals surface area contributed by atoms with Gasteiger partial charge in [0.05, 0.1) is 5.54 Å². The molecule has 56 valence electrons. The zero-order chi connectivity index (χ0) is 7.78. The van der Waals surface area contributed by atoms with Gasteiger partial charge >= 0.3 is 0 Å². The molecule has 0 atom stereocenters. The Morgan fingerprint density at radius 3 is 2.30 bits per heavy atom. The number of aryl methyl sites for hydroxylation is 1. The molecule has 1 aromatic heterocycles. The summed E-state index contributed by atoms with van der Waals surface area (Å²) >= 11 is 0. The minimum atomic E-state index is -0.460. The van der Waals surface area contributed by atoms with Crippen molar-refractivity contribution in [1.29, 1.82) is 0 Å². The molecule has 0 aliphatic rings. The highest BCUT2D eigenvalue weighted by atomic mass is 15.5. The number of hydrogen-bond acceptors (Lipinski definition) is 4. The lowest BCUT2D eigenvalue weighted by Gasteiger charge is -2.14. The van der Waals surface area contributed by atoms with Crippen LogP contribution in [0.15, 0.2) is 0 Å². The van der Waals surface area contributed by atoms with Crippen molar-refractivity contribution in [1.82, 2.24) is 20.2 Å². The number of tetrazole rings is 1. The number of hydrogen-bond donors (Lipinski definition) is 1. The molecule has 0 unspecified atom stereocenters. The van der Waals surface area contributed by atoms with Gasteiger partial charge in [-0.25, -0.2) is 4.68 Å².